The summed E-state index contributed by atoms with van der Waals surface area (Å²) in [5.74, 6) is -2.72. The van der Waals surface area contributed by atoms with Gasteiger partial charge in [0, 0.05) is 49.8 Å². The molecule has 2 unspecified atom stereocenters. The van der Waals surface area contributed by atoms with Crippen LogP contribution in [0, 0.1) is 17.0 Å². The van der Waals surface area contributed by atoms with E-state index in [9.17, 15) is 18.4 Å². The van der Waals surface area contributed by atoms with Crippen LogP contribution in [-0.2, 0) is 4.74 Å². The van der Waals surface area contributed by atoms with Crippen molar-refractivity contribution in [2.75, 3.05) is 35.7 Å². The standard InChI is InChI=1S/C26H29F2N7O3/c1-14(2)31-19-7-8-20(24(15(19)11-29)34-12-18(30)22(13-34)38-3)32-26(37)21-9-10-23(36)35(33-21)25-16(27)5-4-6-17(25)28/h4-11,14,18,22,29,31H,12-13,30H2,1-3H3,(H,32,37). The summed E-state index contributed by atoms with van der Waals surface area (Å²) in [5.41, 5.74) is 6.67. The third-order valence-electron chi connectivity index (χ3n) is 6.16. The highest BCUT2D eigenvalue weighted by atomic mass is 19.1. The molecule has 0 aliphatic carbocycles. The predicted molar refractivity (Wildman–Crippen MR) is 142 cm³/mol. The van der Waals surface area contributed by atoms with E-state index in [1.54, 1.807) is 19.2 Å². The second-order valence-corrected chi connectivity index (χ2v) is 9.20. The van der Waals surface area contributed by atoms with Crippen LogP contribution in [-0.4, -0.2) is 60.3 Å². The highest BCUT2D eigenvalue weighted by Gasteiger charge is 2.33. The molecule has 4 rings (SSSR count). The Morgan fingerprint density at radius 2 is 1.82 bits per heavy atom. The summed E-state index contributed by atoms with van der Waals surface area (Å²) in [6.45, 7) is 4.79. The van der Waals surface area contributed by atoms with Gasteiger partial charge in [0.1, 0.15) is 11.4 Å². The Labute approximate surface area is 217 Å². The number of halogens is 2. The zero-order chi connectivity index (χ0) is 27.6. The molecule has 1 aliphatic rings. The zero-order valence-electron chi connectivity index (χ0n) is 21.2. The van der Waals surface area contributed by atoms with Crippen molar-refractivity contribution in [1.29, 1.82) is 5.41 Å². The van der Waals surface area contributed by atoms with Gasteiger partial charge in [-0.1, -0.05) is 6.07 Å². The van der Waals surface area contributed by atoms with Crippen molar-refractivity contribution in [2.45, 2.75) is 32.0 Å². The number of para-hydroxylation sites is 1. The van der Waals surface area contributed by atoms with E-state index in [0.717, 1.165) is 24.3 Å². The molecule has 2 heterocycles. The lowest BCUT2D eigenvalue weighted by Crippen LogP contribution is -2.34. The lowest BCUT2D eigenvalue weighted by molar-refractivity contribution is 0.102. The van der Waals surface area contributed by atoms with Crippen LogP contribution in [0.25, 0.3) is 5.69 Å². The first-order valence-electron chi connectivity index (χ1n) is 12.0. The highest BCUT2D eigenvalue weighted by Crippen LogP contribution is 2.37. The second kappa shape index (κ2) is 11.1. The fraction of sp³-hybridized carbons (Fsp3) is 0.308. The smallest absolute Gasteiger partial charge is 0.276 e. The molecule has 38 heavy (non-hydrogen) atoms. The average Bonchev–Trinajstić information content (AvgIpc) is 3.25. The van der Waals surface area contributed by atoms with Gasteiger partial charge >= 0.3 is 0 Å². The number of rotatable bonds is 8. The van der Waals surface area contributed by atoms with Crippen LogP contribution >= 0.6 is 0 Å². The number of carbonyl (C=O) groups excluding carboxylic acids is 1. The molecular formula is C26H29F2N7O3. The molecule has 1 saturated heterocycles. The number of nitrogens with zero attached hydrogens (tertiary/aromatic N) is 3. The van der Waals surface area contributed by atoms with Crippen LogP contribution < -0.4 is 26.8 Å². The Balaban J connectivity index is 1.75. The fourth-order valence-electron chi connectivity index (χ4n) is 4.43. The van der Waals surface area contributed by atoms with Gasteiger partial charge < -0.3 is 31.4 Å². The molecule has 200 valence electrons. The Morgan fingerprint density at radius 3 is 2.42 bits per heavy atom. The van der Waals surface area contributed by atoms with E-state index in [-0.39, 0.29) is 23.9 Å². The summed E-state index contributed by atoms with van der Waals surface area (Å²) < 4.78 is 34.7. The minimum absolute atomic E-state index is 0.0820. The van der Waals surface area contributed by atoms with Gasteiger partial charge in [-0.15, -0.1) is 0 Å². The molecule has 0 radical (unpaired) electrons. The molecular weight excluding hydrogens is 496 g/mol. The molecule has 1 aliphatic heterocycles. The topological polar surface area (TPSA) is 138 Å². The van der Waals surface area contributed by atoms with Crippen LogP contribution in [0.15, 0.2) is 47.3 Å². The maximum Gasteiger partial charge on any atom is 0.276 e. The lowest BCUT2D eigenvalue weighted by atomic mass is 10.1. The minimum Gasteiger partial charge on any atom is -0.382 e. The summed E-state index contributed by atoms with van der Waals surface area (Å²) >= 11 is 0. The molecule has 1 amide bonds. The van der Waals surface area contributed by atoms with Gasteiger partial charge in [0.15, 0.2) is 11.6 Å². The molecule has 10 nitrogen and oxygen atoms in total. The number of amides is 1. The largest absolute Gasteiger partial charge is 0.382 e. The quantitative estimate of drug-likeness (QED) is 0.332. The molecule has 3 aromatic rings. The first kappa shape index (κ1) is 26.9. The monoisotopic (exact) mass is 525 g/mol. The molecule has 5 N–H and O–H groups in total. The average molecular weight is 526 g/mol. The van der Waals surface area contributed by atoms with Crippen LogP contribution in [0.3, 0.4) is 0 Å². The van der Waals surface area contributed by atoms with Crippen LogP contribution in [0.5, 0.6) is 0 Å². The maximum atomic E-state index is 14.3. The predicted octanol–water partition coefficient (Wildman–Crippen LogP) is 2.74. The third-order valence-corrected chi connectivity index (χ3v) is 6.16. The van der Waals surface area contributed by atoms with Gasteiger partial charge in [-0.25, -0.2) is 8.78 Å². The van der Waals surface area contributed by atoms with E-state index in [2.05, 4.69) is 15.7 Å². The van der Waals surface area contributed by atoms with E-state index in [1.165, 1.54) is 12.3 Å². The number of benzene rings is 2. The Kier molecular flexibility index (Phi) is 7.83. The van der Waals surface area contributed by atoms with Crippen LogP contribution in [0.1, 0.15) is 29.9 Å². The number of nitrogens with two attached hydrogens (primary N) is 1. The first-order valence-corrected chi connectivity index (χ1v) is 12.0. The molecule has 0 bridgehead atoms. The van der Waals surface area contributed by atoms with Gasteiger partial charge in [-0.2, -0.15) is 9.78 Å². The van der Waals surface area contributed by atoms with Gasteiger partial charge in [0.05, 0.1) is 23.5 Å². The Morgan fingerprint density at radius 1 is 1.13 bits per heavy atom. The zero-order valence-corrected chi connectivity index (χ0v) is 21.2. The maximum absolute atomic E-state index is 14.3. The number of aromatic nitrogens is 2. The van der Waals surface area contributed by atoms with Crippen molar-refractivity contribution < 1.29 is 18.3 Å². The Bertz CT molecular complexity index is 1410. The molecule has 1 aromatic heterocycles. The van der Waals surface area contributed by atoms with Crippen molar-refractivity contribution in [3.05, 3.63) is 75.7 Å². The van der Waals surface area contributed by atoms with Crippen molar-refractivity contribution in [3.63, 3.8) is 0 Å². The van der Waals surface area contributed by atoms with Crippen molar-refractivity contribution in [1.82, 2.24) is 9.78 Å². The molecule has 0 spiro atoms. The second-order valence-electron chi connectivity index (χ2n) is 9.20. The van der Waals surface area contributed by atoms with Gasteiger partial charge in [-0.3, -0.25) is 9.59 Å². The number of carbonyl (C=O) groups is 1. The van der Waals surface area contributed by atoms with Gasteiger partial charge in [0.25, 0.3) is 11.5 Å². The van der Waals surface area contributed by atoms with Crippen molar-refractivity contribution in [2.24, 2.45) is 5.73 Å². The minimum atomic E-state index is -0.999. The van der Waals surface area contributed by atoms with E-state index >= 15 is 0 Å². The van der Waals surface area contributed by atoms with E-state index in [0.29, 0.717) is 40.4 Å². The van der Waals surface area contributed by atoms with Crippen LogP contribution in [0.4, 0.5) is 25.8 Å². The number of hydrogen-bond donors (Lipinski definition) is 4. The number of nitrogens with one attached hydrogen (secondary N) is 3. The van der Waals surface area contributed by atoms with Gasteiger partial charge in [0.2, 0.25) is 0 Å². The lowest BCUT2D eigenvalue weighted by Gasteiger charge is -2.26. The summed E-state index contributed by atoms with van der Waals surface area (Å²) in [6, 6.07) is 8.55. The fourth-order valence-corrected chi connectivity index (χ4v) is 4.43. The SMILES string of the molecule is COC1CN(c2c(NC(=O)c3ccc(=O)n(-c4c(F)cccc4F)n3)ccc(NC(C)C)c2C=N)CC1N. The number of anilines is 3. The summed E-state index contributed by atoms with van der Waals surface area (Å²) in [7, 11) is 1.57. The summed E-state index contributed by atoms with van der Waals surface area (Å²) in [4.78, 5) is 27.6. The van der Waals surface area contributed by atoms with Crippen molar-refractivity contribution in [3.8, 4) is 5.69 Å². The van der Waals surface area contributed by atoms with E-state index < -0.39 is 28.8 Å². The van der Waals surface area contributed by atoms with Crippen molar-refractivity contribution >= 4 is 29.2 Å². The first-order chi connectivity index (χ1) is 18.1. The molecule has 0 saturated carbocycles. The normalized spacial score (nSPS) is 17.1. The summed E-state index contributed by atoms with van der Waals surface area (Å²) in [6.07, 6.45) is 0.945. The molecule has 2 aromatic carbocycles. The number of hydrogen-bond acceptors (Lipinski definition) is 8. The molecule has 2 atom stereocenters. The van der Waals surface area contributed by atoms with Crippen LogP contribution in [0.2, 0.25) is 0 Å². The number of ether oxygens (including phenoxy) is 1. The van der Waals surface area contributed by atoms with Gasteiger partial charge in [-0.05, 0) is 44.2 Å². The molecule has 12 heteroatoms. The number of methoxy groups -OCH3 is 1. The highest BCUT2D eigenvalue weighted by molar-refractivity contribution is 6.08. The Hall–Kier alpha value is -4.16. The summed E-state index contributed by atoms with van der Waals surface area (Å²) in [5, 5.41) is 18.1. The van der Waals surface area contributed by atoms with E-state index in [4.69, 9.17) is 15.9 Å². The molecule has 1 fully saturated rings. The van der Waals surface area contributed by atoms with E-state index in [1.807, 2.05) is 18.7 Å². The third kappa shape index (κ3) is 5.27.